The lowest BCUT2D eigenvalue weighted by Crippen LogP contribution is -2.46. The van der Waals surface area contributed by atoms with Crippen LogP contribution in [0.3, 0.4) is 0 Å². The zero-order valence-corrected chi connectivity index (χ0v) is 30.8. The Kier molecular flexibility index (Phi) is 32.4. The van der Waals surface area contributed by atoms with E-state index in [1.165, 1.54) is 128 Å². The number of unbranched alkanes of at least 4 members (excludes halogenated alkanes) is 22. The molecule has 6 nitrogen and oxygen atoms in total. The second-order valence-electron chi connectivity index (χ2n) is 13.2. The van der Waals surface area contributed by atoms with Gasteiger partial charge in [-0.2, -0.15) is 8.42 Å². The van der Waals surface area contributed by atoms with Crippen molar-refractivity contribution >= 4 is 16.0 Å². The van der Waals surface area contributed by atoms with E-state index in [9.17, 15) is 22.9 Å². The van der Waals surface area contributed by atoms with Crippen LogP contribution in [-0.2, 0) is 14.9 Å². The first-order valence-electron chi connectivity index (χ1n) is 19.2. The molecule has 1 amide bonds. The predicted octanol–water partition coefficient (Wildman–Crippen LogP) is 11.0. The van der Waals surface area contributed by atoms with Crippen LogP contribution in [0.1, 0.15) is 187 Å². The second kappa shape index (κ2) is 33.5. The molecule has 0 aromatic carbocycles. The summed E-state index contributed by atoms with van der Waals surface area (Å²) in [4.78, 5) is 12.5. The Morgan fingerprint density at radius 1 is 0.565 bits per heavy atom. The molecule has 270 valence electrons. The summed E-state index contributed by atoms with van der Waals surface area (Å²) in [6, 6.07) is -1.08. The van der Waals surface area contributed by atoms with Crippen molar-refractivity contribution in [1.29, 1.82) is 0 Å². The molecule has 0 fully saturated rings. The predicted molar refractivity (Wildman–Crippen MR) is 198 cm³/mol. The topological polar surface area (TPSA) is 104 Å². The summed E-state index contributed by atoms with van der Waals surface area (Å²) in [5.74, 6) is -1.01. The Bertz CT molecular complexity index is 868. The molecule has 0 aliphatic carbocycles. The molecule has 0 aromatic rings. The van der Waals surface area contributed by atoms with Gasteiger partial charge in [-0.1, -0.05) is 172 Å². The van der Waals surface area contributed by atoms with Gasteiger partial charge in [0.05, 0.1) is 17.9 Å². The molecule has 0 heterocycles. The van der Waals surface area contributed by atoms with Gasteiger partial charge in [0.2, 0.25) is 5.91 Å². The van der Waals surface area contributed by atoms with Crippen molar-refractivity contribution in [3.05, 3.63) is 36.5 Å². The molecule has 0 rings (SSSR count). The van der Waals surface area contributed by atoms with Crippen LogP contribution in [0, 0.1) is 0 Å². The number of carbonyl (C=O) groups excluding carboxylic acids is 1. The molecule has 0 radical (unpaired) electrons. The van der Waals surface area contributed by atoms with Crippen LogP contribution in [0.2, 0.25) is 0 Å². The fraction of sp³-hybridized carbons (Fsp3) is 0.821. The number of amides is 1. The number of hydrogen-bond donors (Lipinski definition) is 3. The van der Waals surface area contributed by atoms with Gasteiger partial charge >= 0.3 is 0 Å². The lowest BCUT2D eigenvalue weighted by Gasteiger charge is -2.21. The standard InChI is InChI=1S/C39H73NO5S/c1-3-5-7-9-11-13-15-17-19-20-21-22-24-26-28-30-32-34-38(41)37(36-46(43,44)45)40-39(42)35-33-31-29-27-25-23-18-16-14-12-10-8-6-4-2/h19-20,24,26,32,34,37-38,41H,3-18,21-23,25,27-31,33,35-36H2,1-2H3,(H,40,42)(H,43,44,45)/b20-19+,26-24+,34-32+. The first-order chi connectivity index (χ1) is 22.3. The van der Waals surface area contributed by atoms with Crippen LogP contribution in [0.5, 0.6) is 0 Å². The number of allylic oxidation sites excluding steroid dienone is 5. The fourth-order valence-corrected chi connectivity index (χ4v) is 6.39. The van der Waals surface area contributed by atoms with Crippen LogP contribution in [0.4, 0.5) is 0 Å². The maximum Gasteiger partial charge on any atom is 0.267 e. The lowest BCUT2D eigenvalue weighted by molar-refractivity contribution is -0.122. The largest absolute Gasteiger partial charge is 0.387 e. The molecule has 3 N–H and O–H groups in total. The molecule has 0 bridgehead atoms. The fourth-order valence-electron chi connectivity index (χ4n) is 5.66. The molecule has 2 unspecified atom stereocenters. The third-order valence-electron chi connectivity index (χ3n) is 8.55. The van der Waals surface area contributed by atoms with Crippen molar-refractivity contribution in [2.45, 2.75) is 199 Å². The minimum absolute atomic E-state index is 0.287. The minimum atomic E-state index is -4.35. The second-order valence-corrected chi connectivity index (χ2v) is 14.7. The van der Waals surface area contributed by atoms with Gasteiger partial charge in [0, 0.05) is 6.42 Å². The van der Waals surface area contributed by atoms with E-state index in [2.05, 4.69) is 43.5 Å². The van der Waals surface area contributed by atoms with E-state index in [4.69, 9.17) is 0 Å². The van der Waals surface area contributed by atoms with Crippen molar-refractivity contribution < 1.29 is 22.9 Å². The van der Waals surface area contributed by atoms with Gasteiger partial charge in [-0.25, -0.2) is 0 Å². The zero-order chi connectivity index (χ0) is 34.0. The number of aliphatic hydroxyl groups is 1. The summed E-state index contributed by atoms with van der Waals surface area (Å²) >= 11 is 0. The molecule has 2 atom stereocenters. The van der Waals surface area contributed by atoms with E-state index in [-0.39, 0.29) is 12.3 Å². The first-order valence-corrected chi connectivity index (χ1v) is 20.8. The van der Waals surface area contributed by atoms with Crippen molar-refractivity contribution in [3.63, 3.8) is 0 Å². The molecule has 7 heteroatoms. The van der Waals surface area contributed by atoms with Gasteiger partial charge in [0.1, 0.15) is 0 Å². The molecule has 46 heavy (non-hydrogen) atoms. The average molecular weight is 668 g/mol. The Hall–Kier alpha value is -1.44. The number of rotatable bonds is 34. The highest BCUT2D eigenvalue weighted by Gasteiger charge is 2.24. The first kappa shape index (κ1) is 44.6. The van der Waals surface area contributed by atoms with Gasteiger partial charge in [0.15, 0.2) is 0 Å². The van der Waals surface area contributed by atoms with Gasteiger partial charge in [-0.05, 0) is 44.9 Å². The van der Waals surface area contributed by atoms with E-state index in [0.717, 1.165) is 38.5 Å². The van der Waals surface area contributed by atoms with Gasteiger partial charge in [-0.15, -0.1) is 0 Å². The van der Waals surface area contributed by atoms with Crippen molar-refractivity contribution in [2.75, 3.05) is 5.75 Å². The zero-order valence-electron chi connectivity index (χ0n) is 29.9. The third-order valence-corrected chi connectivity index (χ3v) is 9.33. The van der Waals surface area contributed by atoms with Crippen LogP contribution in [0.25, 0.3) is 0 Å². The van der Waals surface area contributed by atoms with Crippen LogP contribution in [-0.4, -0.2) is 41.9 Å². The Labute approximate surface area is 285 Å². The van der Waals surface area contributed by atoms with Crippen LogP contribution >= 0.6 is 0 Å². The van der Waals surface area contributed by atoms with Gasteiger partial charge in [-0.3, -0.25) is 9.35 Å². The maximum atomic E-state index is 12.5. The van der Waals surface area contributed by atoms with Crippen molar-refractivity contribution in [3.8, 4) is 0 Å². The highest BCUT2D eigenvalue weighted by atomic mass is 32.2. The number of aliphatic hydroxyl groups excluding tert-OH is 1. The normalized spacial score (nSPS) is 13.7. The van der Waals surface area contributed by atoms with E-state index in [1.54, 1.807) is 6.08 Å². The Morgan fingerprint density at radius 2 is 0.935 bits per heavy atom. The maximum absolute atomic E-state index is 12.5. The molecule has 0 aromatic heterocycles. The van der Waals surface area contributed by atoms with Crippen molar-refractivity contribution in [1.82, 2.24) is 5.32 Å². The molecule has 0 spiro atoms. The Morgan fingerprint density at radius 3 is 1.37 bits per heavy atom. The lowest BCUT2D eigenvalue weighted by atomic mass is 10.0. The quantitative estimate of drug-likeness (QED) is 0.0360. The van der Waals surface area contributed by atoms with Crippen LogP contribution in [0.15, 0.2) is 36.5 Å². The molecule has 0 saturated carbocycles. The highest BCUT2D eigenvalue weighted by Crippen LogP contribution is 2.14. The molecule has 0 aliphatic heterocycles. The summed E-state index contributed by atoms with van der Waals surface area (Å²) in [6.45, 7) is 4.50. The van der Waals surface area contributed by atoms with Crippen molar-refractivity contribution in [2.24, 2.45) is 0 Å². The van der Waals surface area contributed by atoms with Crippen LogP contribution < -0.4 is 5.32 Å². The minimum Gasteiger partial charge on any atom is -0.387 e. The average Bonchev–Trinajstić information content (AvgIpc) is 3.01. The Balaban J connectivity index is 4.04. The summed E-state index contributed by atoms with van der Waals surface area (Å²) in [6.07, 6.45) is 42.7. The van der Waals surface area contributed by atoms with E-state index in [0.29, 0.717) is 6.42 Å². The van der Waals surface area contributed by atoms with E-state index in [1.807, 2.05) is 0 Å². The summed E-state index contributed by atoms with van der Waals surface area (Å²) in [7, 11) is -4.35. The molecule has 0 aliphatic rings. The SMILES string of the molecule is CCCCCCCCC/C=C/CC/C=C/CC/C=C/C(O)C(CS(=O)(=O)O)NC(=O)CCCCCCCCCCCCCCCC. The number of hydrogen-bond acceptors (Lipinski definition) is 4. The summed E-state index contributed by atoms with van der Waals surface area (Å²) in [5.41, 5.74) is 0. The van der Waals surface area contributed by atoms with E-state index >= 15 is 0 Å². The molecular weight excluding hydrogens is 594 g/mol. The smallest absolute Gasteiger partial charge is 0.267 e. The molecular formula is C39H73NO5S. The van der Waals surface area contributed by atoms with E-state index < -0.39 is 28.0 Å². The summed E-state index contributed by atoms with van der Waals surface area (Å²) in [5, 5.41) is 13.2. The summed E-state index contributed by atoms with van der Waals surface area (Å²) < 4.78 is 32.4. The van der Waals surface area contributed by atoms with Gasteiger partial charge in [0.25, 0.3) is 10.1 Å². The third kappa shape index (κ3) is 33.9. The molecule has 0 saturated heterocycles. The number of carbonyl (C=O) groups is 1. The number of nitrogens with one attached hydrogen (secondary N) is 1. The monoisotopic (exact) mass is 668 g/mol. The van der Waals surface area contributed by atoms with Gasteiger partial charge < -0.3 is 10.4 Å². The highest BCUT2D eigenvalue weighted by molar-refractivity contribution is 7.85.